The van der Waals surface area contributed by atoms with Gasteiger partial charge in [0, 0.05) is 37.7 Å². The van der Waals surface area contributed by atoms with Crippen molar-refractivity contribution < 1.29 is 21.6 Å². The van der Waals surface area contributed by atoms with Crippen LogP contribution in [0.25, 0.3) is 0 Å². The summed E-state index contributed by atoms with van der Waals surface area (Å²) in [4.78, 5) is 7.44. The van der Waals surface area contributed by atoms with Gasteiger partial charge in [0.15, 0.2) is 21.5 Å². The van der Waals surface area contributed by atoms with Gasteiger partial charge in [0.25, 0.3) is 0 Å². The minimum absolute atomic E-state index is 0.00831. The van der Waals surface area contributed by atoms with Crippen LogP contribution in [0.5, 0.6) is 0 Å². The molecule has 11 heteroatoms. The molecule has 1 rings (SSSR count). The van der Waals surface area contributed by atoms with Gasteiger partial charge in [0.2, 0.25) is 0 Å². The highest BCUT2D eigenvalue weighted by molar-refractivity contribution is 7.91. The topological polar surface area (TPSA) is 83.5 Å². The molecule has 0 saturated heterocycles. The Bertz CT molecular complexity index is 626. The second kappa shape index (κ2) is 8.48. The molecule has 0 aliphatic carbocycles. The van der Waals surface area contributed by atoms with Gasteiger partial charge in [-0.25, -0.2) is 13.4 Å². The van der Waals surface area contributed by atoms with E-state index in [1.165, 1.54) is 7.05 Å². The Hall–Kier alpha value is -1.36. The lowest BCUT2D eigenvalue weighted by atomic mass is 10.4. The first-order chi connectivity index (χ1) is 10.7. The molecule has 0 amide bonds. The Balaban J connectivity index is 2.37. The fourth-order valence-corrected chi connectivity index (χ4v) is 3.04. The van der Waals surface area contributed by atoms with Crippen LogP contribution in [-0.2, 0) is 22.4 Å². The molecule has 0 saturated carbocycles. The Morgan fingerprint density at radius 3 is 2.52 bits per heavy atom. The number of aliphatic imine (C=N–C) groups is 1. The van der Waals surface area contributed by atoms with Crippen molar-refractivity contribution in [2.75, 3.05) is 31.6 Å². The minimum atomic E-state index is -4.43. The van der Waals surface area contributed by atoms with Crippen LogP contribution in [0.2, 0.25) is 0 Å². The van der Waals surface area contributed by atoms with Gasteiger partial charge in [-0.2, -0.15) is 13.2 Å². The van der Waals surface area contributed by atoms with Crippen LogP contribution >= 0.6 is 11.3 Å². The van der Waals surface area contributed by atoms with Crippen molar-refractivity contribution in [3.05, 3.63) is 16.1 Å². The summed E-state index contributed by atoms with van der Waals surface area (Å²) in [6.45, 7) is 2.13. The van der Waals surface area contributed by atoms with Gasteiger partial charge >= 0.3 is 6.18 Å². The predicted molar refractivity (Wildman–Crippen MR) is 84.5 cm³/mol. The highest BCUT2D eigenvalue weighted by atomic mass is 32.2. The third-order valence-corrected chi connectivity index (χ3v) is 5.46. The predicted octanol–water partition coefficient (Wildman–Crippen LogP) is 1.30. The highest BCUT2D eigenvalue weighted by Crippen LogP contribution is 2.29. The van der Waals surface area contributed by atoms with Gasteiger partial charge in [-0.15, -0.1) is 11.3 Å². The van der Waals surface area contributed by atoms with Crippen LogP contribution in [0, 0.1) is 0 Å². The maximum Gasteiger partial charge on any atom is 0.434 e. The first-order valence-corrected chi connectivity index (χ1v) is 9.54. The molecule has 0 spiro atoms. The minimum Gasteiger partial charge on any atom is -0.356 e. The molecular formula is C12H19F3N4O2S2. The van der Waals surface area contributed by atoms with Crippen LogP contribution in [0.15, 0.2) is 10.4 Å². The monoisotopic (exact) mass is 372 g/mol. The number of thiazole rings is 1. The molecule has 2 N–H and O–H groups in total. The largest absolute Gasteiger partial charge is 0.434 e. The number of guanidine groups is 1. The number of nitrogens with one attached hydrogen (secondary N) is 2. The molecule has 23 heavy (non-hydrogen) atoms. The Morgan fingerprint density at radius 1 is 1.35 bits per heavy atom. The normalized spacial score (nSPS) is 13.2. The first kappa shape index (κ1) is 19.7. The summed E-state index contributed by atoms with van der Waals surface area (Å²) in [6.07, 6.45) is -4.11. The molecule has 0 aliphatic heterocycles. The molecule has 1 aromatic rings. The van der Waals surface area contributed by atoms with E-state index in [-0.39, 0.29) is 18.1 Å². The van der Waals surface area contributed by atoms with Crippen LogP contribution in [0.1, 0.15) is 17.6 Å². The number of hydrogen-bond donors (Lipinski definition) is 2. The molecular weight excluding hydrogens is 353 g/mol. The van der Waals surface area contributed by atoms with E-state index >= 15 is 0 Å². The summed E-state index contributed by atoms with van der Waals surface area (Å²) in [7, 11) is -1.54. The Labute approximate surface area is 137 Å². The average molecular weight is 372 g/mol. The number of hydrogen-bond acceptors (Lipinski definition) is 5. The molecule has 1 heterocycles. The van der Waals surface area contributed by atoms with Gasteiger partial charge in [0.05, 0.1) is 10.8 Å². The van der Waals surface area contributed by atoms with Crippen molar-refractivity contribution in [2.24, 2.45) is 4.99 Å². The summed E-state index contributed by atoms with van der Waals surface area (Å²) >= 11 is 0.949. The number of rotatable bonds is 7. The van der Waals surface area contributed by atoms with E-state index in [9.17, 15) is 21.6 Å². The van der Waals surface area contributed by atoms with Crippen LogP contribution in [0.3, 0.4) is 0 Å². The smallest absolute Gasteiger partial charge is 0.356 e. The zero-order chi connectivity index (χ0) is 17.5. The van der Waals surface area contributed by atoms with E-state index < -0.39 is 21.7 Å². The molecule has 0 fully saturated rings. The van der Waals surface area contributed by atoms with Gasteiger partial charge in [-0.3, -0.25) is 4.99 Å². The lowest BCUT2D eigenvalue weighted by Gasteiger charge is -2.11. The molecule has 0 aromatic carbocycles. The third-order valence-electron chi connectivity index (χ3n) is 2.84. The van der Waals surface area contributed by atoms with Crippen molar-refractivity contribution in [1.29, 1.82) is 0 Å². The van der Waals surface area contributed by atoms with Crippen molar-refractivity contribution in [1.82, 2.24) is 15.6 Å². The number of alkyl halides is 3. The Morgan fingerprint density at radius 2 is 2.00 bits per heavy atom. The molecule has 6 nitrogen and oxygen atoms in total. The standard InChI is InChI=1S/C12H19F3N4O2S2/c1-3-23(20,21)7-6-18-11(16-2)17-5-4-10-19-9(8-22-10)12(13,14)15/h8H,3-7H2,1-2H3,(H2,16,17,18). The summed E-state index contributed by atoms with van der Waals surface area (Å²) in [5, 5.41) is 7.09. The van der Waals surface area contributed by atoms with Crippen LogP contribution < -0.4 is 10.6 Å². The lowest BCUT2D eigenvalue weighted by molar-refractivity contribution is -0.140. The van der Waals surface area contributed by atoms with E-state index in [2.05, 4.69) is 20.6 Å². The number of halogens is 3. The Kier molecular flexibility index (Phi) is 7.26. The van der Waals surface area contributed by atoms with Crippen molar-refractivity contribution in [3.8, 4) is 0 Å². The van der Waals surface area contributed by atoms with Gasteiger partial charge in [-0.05, 0) is 0 Å². The van der Waals surface area contributed by atoms with E-state index in [1.807, 2.05) is 0 Å². The summed E-state index contributed by atoms with van der Waals surface area (Å²) in [5.74, 6) is 0.460. The molecule has 132 valence electrons. The van der Waals surface area contributed by atoms with E-state index in [4.69, 9.17) is 0 Å². The van der Waals surface area contributed by atoms with Gasteiger partial charge in [-0.1, -0.05) is 6.92 Å². The lowest BCUT2D eigenvalue weighted by Crippen LogP contribution is -2.40. The molecule has 1 aromatic heterocycles. The SMILES string of the molecule is CCS(=O)(=O)CCNC(=NC)NCCc1nc(C(F)(F)F)cs1. The number of nitrogens with zero attached hydrogens (tertiary/aromatic N) is 2. The van der Waals surface area contributed by atoms with Crippen LogP contribution in [0.4, 0.5) is 13.2 Å². The number of sulfone groups is 1. The quantitative estimate of drug-likeness (QED) is 0.557. The first-order valence-electron chi connectivity index (χ1n) is 6.84. The fraction of sp³-hybridized carbons (Fsp3) is 0.667. The zero-order valence-corrected chi connectivity index (χ0v) is 14.4. The molecule has 0 unspecified atom stereocenters. The second-order valence-electron chi connectivity index (χ2n) is 4.54. The average Bonchev–Trinajstić information content (AvgIpc) is 2.94. The van der Waals surface area contributed by atoms with E-state index in [1.54, 1.807) is 6.92 Å². The van der Waals surface area contributed by atoms with Gasteiger partial charge in [0.1, 0.15) is 0 Å². The zero-order valence-electron chi connectivity index (χ0n) is 12.8. The van der Waals surface area contributed by atoms with E-state index in [0.29, 0.717) is 23.9 Å². The van der Waals surface area contributed by atoms with Gasteiger partial charge < -0.3 is 10.6 Å². The maximum absolute atomic E-state index is 12.4. The summed E-state index contributed by atoms with van der Waals surface area (Å²) < 4.78 is 60.0. The molecule has 0 atom stereocenters. The fourth-order valence-electron chi connectivity index (χ4n) is 1.53. The second-order valence-corrected chi connectivity index (χ2v) is 7.95. The van der Waals surface area contributed by atoms with Crippen molar-refractivity contribution in [2.45, 2.75) is 19.5 Å². The molecule has 0 bridgehead atoms. The van der Waals surface area contributed by atoms with Crippen LogP contribution in [-0.4, -0.2) is 51.0 Å². The molecule has 0 aliphatic rings. The third kappa shape index (κ3) is 7.16. The maximum atomic E-state index is 12.4. The van der Waals surface area contributed by atoms with Crippen molar-refractivity contribution in [3.63, 3.8) is 0 Å². The summed E-state index contributed by atoms with van der Waals surface area (Å²) in [6, 6.07) is 0. The summed E-state index contributed by atoms with van der Waals surface area (Å²) in [5.41, 5.74) is -0.884. The van der Waals surface area contributed by atoms with Crippen molar-refractivity contribution >= 4 is 27.1 Å². The number of aromatic nitrogens is 1. The highest BCUT2D eigenvalue weighted by Gasteiger charge is 2.33. The molecule has 0 radical (unpaired) electrons. The van der Waals surface area contributed by atoms with E-state index in [0.717, 1.165) is 16.7 Å².